The molecule has 164 valence electrons. The molecular formula is C23H26BrN3O4. The Morgan fingerprint density at radius 1 is 1.00 bits per heavy atom. The van der Waals surface area contributed by atoms with Crippen LogP contribution in [0.2, 0.25) is 0 Å². The van der Waals surface area contributed by atoms with Crippen LogP contribution in [0.15, 0.2) is 53.1 Å². The molecule has 0 saturated heterocycles. The fourth-order valence-corrected chi connectivity index (χ4v) is 3.48. The van der Waals surface area contributed by atoms with Gasteiger partial charge in [-0.15, -0.1) is 0 Å². The zero-order chi connectivity index (χ0) is 22.2. The Morgan fingerprint density at radius 3 is 2.39 bits per heavy atom. The van der Waals surface area contributed by atoms with Gasteiger partial charge in [-0.1, -0.05) is 6.07 Å². The number of carbonyl (C=O) groups is 1. The summed E-state index contributed by atoms with van der Waals surface area (Å²) in [7, 11) is 0. The molecule has 2 aromatic carbocycles. The van der Waals surface area contributed by atoms with E-state index < -0.39 is 0 Å². The Balaban J connectivity index is 1.61. The summed E-state index contributed by atoms with van der Waals surface area (Å²) in [6.07, 6.45) is 1.62. The van der Waals surface area contributed by atoms with Crippen molar-refractivity contribution in [2.75, 3.05) is 18.5 Å². The molecule has 0 saturated carbocycles. The van der Waals surface area contributed by atoms with Crippen LogP contribution in [0.3, 0.4) is 0 Å². The number of carbonyl (C=O) groups excluding carboxylic acids is 1. The van der Waals surface area contributed by atoms with Gasteiger partial charge in [0.25, 0.3) is 5.91 Å². The number of benzene rings is 2. The van der Waals surface area contributed by atoms with Crippen molar-refractivity contribution in [2.45, 2.75) is 33.9 Å². The molecule has 0 spiro atoms. The maximum Gasteiger partial charge on any atom is 0.275 e. The van der Waals surface area contributed by atoms with Crippen molar-refractivity contribution in [3.05, 3.63) is 64.4 Å². The van der Waals surface area contributed by atoms with Crippen molar-refractivity contribution in [2.24, 2.45) is 0 Å². The SMILES string of the molecule is CCOc1ccc(COc2ccc(NC(=O)c3c(Br)cnn3CC)cc2)cc1OCC. The van der Waals surface area contributed by atoms with Crippen LogP contribution < -0.4 is 19.5 Å². The van der Waals surface area contributed by atoms with Gasteiger partial charge in [0.15, 0.2) is 11.5 Å². The number of nitrogens with zero attached hydrogens (tertiary/aromatic N) is 2. The average molecular weight is 488 g/mol. The highest BCUT2D eigenvalue weighted by Gasteiger charge is 2.16. The minimum Gasteiger partial charge on any atom is -0.490 e. The molecule has 3 aromatic rings. The number of hydrogen-bond acceptors (Lipinski definition) is 5. The highest BCUT2D eigenvalue weighted by Crippen LogP contribution is 2.29. The third kappa shape index (κ3) is 5.79. The standard InChI is InChI=1S/C23H26BrN3O4/c1-4-27-22(19(24)14-25-27)23(28)26-17-8-10-18(11-9-17)31-15-16-7-12-20(29-5-2)21(13-16)30-6-3/h7-14H,4-6,15H2,1-3H3,(H,26,28). The second-order valence-electron chi connectivity index (χ2n) is 6.57. The van der Waals surface area contributed by atoms with Crippen molar-refractivity contribution in [1.82, 2.24) is 9.78 Å². The second-order valence-corrected chi connectivity index (χ2v) is 7.43. The summed E-state index contributed by atoms with van der Waals surface area (Å²) in [5.41, 5.74) is 2.14. The Morgan fingerprint density at radius 2 is 1.71 bits per heavy atom. The second kappa shape index (κ2) is 10.9. The van der Waals surface area contributed by atoms with Gasteiger partial charge >= 0.3 is 0 Å². The number of hydrogen-bond donors (Lipinski definition) is 1. The lowest BCUT2D eigenvalue weighted by Gasteiger charge is -2.13. The quantitative estimate of drug-likeness (QED) is 0.420. The first-order valence-corrected chi connectivity index (χ1v) is 11.0. The number of amides is 1. The van der Waals surface area contributed by atoms with Crippen molar-refractivity contribution < 1.29 is 19.0 Å². The number of halogens is 1. The molecule has 1 aromatic heterocycles. The molecule has 31 heavy (non-hydrogen) atoms. The molecular weight excluding hydrogens is 462 g/mol. The number of rotatable bonds is 10. The minimum atomic E-state index is -0.224. The molecule has 0 bridgehead atoms. The van der Waals surface area contributed by atoms with Crippen LogP contribution in [0, 0.1) is 0 Å². The third-order valence-corrected chi connectivity index (χ3v) is 5.02. The molecule has 0 radical (unpaired) electrons. The largest absolute Gasteiger partial charge is 0.490 e. The smallest absolute Gasteiger partial charge is 0.275 e. The summed E-state index contributed by atoms with van der Waals surface area (Å²) in [4.78, 5) is 12.6. The van der Waals surface area contributed by atoms with Gasteiger partial charge in [-0.2, -0.15) is 5.10 Å². The fourth-order valence-electron chi connectivity index (χ4n) is 3.00. The van der Waals surface area contributed by atoms with Crippen LogP contribution in [-0.2, 0) is 13.2 Å². The Labute approximate surface area is 190 Å². The number of anilines is 1. The van der Waals surface area contributed by atoms with Crippen LogP contribution in [0.1, 0.15) is 36.8 Å². The van der Waals surface area contributed by atoms with Crippen LogP contribution in [-0.4, -0.2) is 28.9 Å². The van der Waals surface area contributed by atoms with Gasteiger partial charge in [0, 0.05) is 12.2 Å². The molecule has 1 N–H and O–H groups in total. The minimum absolute atomic E-state index is 0.224. The molecule has 0 aliphatic carbocycles. The highest BCUT2D eigenvalue weighted by atomic mass is 79.9. The van der Waals surface area contributed by atoms with Crippen molar-refractivity contribution >= 4 is 27.5 Å². The van der Waals surface area contributed by atoms with E-state index in [0.717, 1.165) is 11.3 Å². The van der Waals surface area contributed by atoms with E-state index in [4.69, 9.17) is 14.2 Å². The van der Waals surface area contributed by atoms with Crippen LogP contribution >= 0.6 is 15.9 Å². The molecule has 7 nitrogen and oxygen atoms in total. The Bertz CT molecular complexity index is 1020. The zero-order valence-electron chi connectivity index (χ0n) is 17.9. The van der Waals surface area contributed by atoms with Crippen LogP contribution in [0.5, 0.6) is 17.2 Å². The topological polar surface area (TPSA) is 74.6 Å². The first-order valence-electron chi connectivity index (χ1n) is 10.2. The van der Waals surface area contributed by atoms with Gasteiger partial charge in [-0.05, 0) is 78.7 Å². The van der Waals surface area contributed by atoms with E-state index in [-0.39, 0.29) is 5.91 Å². The summed E-state index contributed by atoms with van der Waals surface area (Å²) in [5, 5.41) is 7.05. The first kappa shape index (κ1) is 22.7. The fraction of sp³-hybridized carbons (Fsp3) is 0.304. The average Bonchev–Trinajstić information content (AvgIpc) is 3.16. The molecule has 8 heteroatoms. The molecule has 0 fully saturated rings. The maximum atomic E-state index is 12.6. The lowest BCUT2D eigenvalue weighted by molar-refractivity contribution is 0.101. The van der Waals surface area contributed by atoms with Gasteiger partial charge < -0.3 is 19.5 Å². The van der Waals surface area contributed by atoms with Gasteiger partial charge in [0.1, 0.15) is 18.1 Å². The predicted molar refractivity (Wildman–Crippen MR) is 123 cm³/mol. The Hall–Kier alpha value is -3.00. The number of aryl methyl sites for hydroxylation is 1. The summed E-state index contributed by atoms with van der Waals surface area (Å²) in [5.74, 6) is 1.91. The van der Waals surface area contributed by atoms with Gasteiger partial charge in [-0.25, -0.2) is 0 Å². The normalized spacial score (nSPS) is 10.6. The zero-order valence-corrected chi connectivity index (χ0v) is 19.4. The number of nitrogens with one attached hydrogen (secondary N) is 1. The summed E-state index contributed by atoms with van der Waals surface area (Å²) < 4.78 is 19.4. The Kier molecular flexibility index (Phi) is 7.94. The van der Waals surface area contributed by atoms with Gasteiger partial charge in [-0.3, -0.25) is 9.48 Å². The summed E-state index contributed by atoms with van der Waals surface area (Å²) in [6, 6.07) is 13.0. The summed E-state index contributed by atoms with van der Waals surface area (Å²) >= 11 is 3.37. The first-order chi connectivity index (χ1) is 15.0. The molecule has 1 heterocycles. The lowest BCUT2D eigenvalue weighted by atomic mass is 10.2. The van der Waals surface area contributed by atoms with Crippen LogP contribution in [0.25, 0.3) is 0 Å². The van der Waals surface area contributed by atoms with Crippen molar-refractivity contribution in [1.29, 1.82) is 0 Å². The van der Waals surface area contributed by atoms with E-state index in [0.29, 0.717) is 53.7 Å². The maximum absolute atomic E-state index is 12.6. The molecule has 1 amide bonds. The molecule has 0 aliphatic rings. The third-order valence-electron chi connectivity index (χ3n) is 4.43. The highest BCUT2D eigenvalue weighted by molar-refractivity contribution is 9.10. The molecule has 0 atom stereocenters. The summed E-state index contributed by atoms with van der Waals surface area (Å²) in [6.45, 7) is 7.95. The van der Waals surface area contributed by atoms with Crippen molar-refractivity contribution in [3.63, 3.8) is 0 Å². The van der Waals surface area contributed by atoms with E-state index in [1.807, 2.05) is 51.1 Å². The molecule has 0 aliphatic heterocycles. The van der Waals surface area contributed by atoms with Crippen molar-refractivity contribution in [3.8, 4) is 17.2 Å². The lowest BCUT2D eigenvalue weighted by Crippen LogP contribution is -2.17. The van der Waals surface area contributed by atoms with Gasteiger partial charge in [0.05, 0.1) is 23.9 Å². The van der Waals surface area contributed by atoms with E-state index in [2.05, 4.69) is 26.3 Å². The van der Waals surface area contributed by atoms with E-state index in [9.17, 15) is 4.79 Å². The van der Waals surface area contributed by atoms with E-state index >= 15 is 0 Å². The van der Waals surface area contributed by atoms with E-state index in [1.165, 1.54) is 0 Å². The molecule has 3 rings (SSSR count). The number of aromatic nitrogens is 2. The predicted octanol–water partition coefficient (Wildman–Crippen LogP) is 5.29. The molecule has 0 unspecified atom stereocenters. The monoisotopic (exact) mass is 487 g/mol. The van der Waals surface area contributed by atoms with E-state index in [1.54, 1.807) is 23.0 Å². The number of ether oxygens (including phenoxy) is 3. The van der Waals surface area contributed by atoms with Crippen LogP contribution in [0.4, 0.5) is 5.69 Å². The van der Waals surface area contributed by atoms with Gasteiger partial charge in [0.2, 0.25) is 0 Å².